The lowest BCUT2D eigenvalue weighted by Crippen LogP contribution is -2.36. The van der Waals surface area contributed by atoms with Crippen LogP contribution in [0.15, 0.2) is 23.6 Å². The van der Waals surface area contributed by atoms with Gasteiger partial charge in [0.1, 0.15) is 11.5 Å². The van der Waals surface area contributed by atoms with Gasteiger partial charge in [-0.3, -0.25) is 4.79 Å². The normalized spacial score (nSPS) is 16.0. The van der Waals surface area contributed by atoms with Crippen molar-refractivity contribution in [3.05, 3.63) is 23.6 Å². The summed E-state index contributed by atoms with van der Waals surface area (Å²) in [6, 6.07) is 5.57. The third-order valence-corrected chi connectivity index (χ3v) is 6.07. The molecule has 6 nitrogen and oxygen atoms in total. The molecule has 1 fully saturated rings. The molecule has 0 aliphatic heterocycles. The van der Waals surface area contributed by atoms with Gasteiger partial charge in [-0.05, 0) is 43.0 Å². The number of benzene rings is 1. The van der Waals surface area contributed by atoms with Gasteiger partial charge in [0.2, 0.25) is 5.91 Å². The van der Waals surface area contributed by atoms with Crippen LogP contribution in [0.5, 0.6) is 11.5 Å². The predicted molar refractivity (Wildman–Crippen MR) is 108 cm³/mol. The number of hydrogen-bond acceptors (Lipinski definition) is 6. The molecular formula is C20H27N3O3S. The van der Waals surface area contributed by atoms with Crippen molar-refractivity contribution in [1.29, 1.82) is 0 Å². The van der Waals surface area contributed by atoms with Gasteiger partial charge in [-0.2, -0.15) is 0 Å². The molecular weight excluding hydrogens is 362 g/mol. The molecule has 1 aromatic heterocycles. The number of amides is 1. The second-order valence-electron chi connectivity index (χ2n) is 7.09. The summed E-state index contributed by atoms with van der Waals surface area (Å²) in [6.45, 7) is 0.560. The molecule has 1 aromatic carbocycles. The van der Waals surface area contributed by atoms with Crippen LogP contribution < -0.4 is 20.5 Å². The molecule has 27 heavy (non-hydrogen) atoms. The summed E-state index contributed by atoms with van der Waals surface area (Å²) in [4.78, 5) is 17.1. The van der Waals surface area contributed by atoms with Crippen molar-refractivity contribution in [2.75, 3.05) is 26.1 Å². The van der Waals surface area contributed by atoms with Crippen LogP contribution in [0.3, 0.4) is 0 Å². The van der Waals surface area contributed by atoms with E-state index in [0.29, 0.717) is 23.8 Å². The Morgan fingerprint density at radius 1 is 1.26 bits per heavy atom. The lowest BCUT2D eigenvalue weighted by Gasteiger charge is -2.35. The lowest BCUT2D eigenvalue weighted by atomic mass is 9.72. The van der Waals surface area contributed by atoms with E-state index in [4.69, 9.17) is 15.2 Å². The van der Waals surface area contributed by atoms with Gasteiger partial charge in [-0.25, -0.2) is 4.98 Å². The quantitative estimate of drug-likeness (QED) is 0.745. The van der Waals surface area contributed by atoms with E-state index in [-0.39, 0.29) is 11.3 Å². The van der Waals surface area contributed by atoms with Crippen LogP contribution in [0, 0.1) is 5.41 Å². The summed E-state index contributed by atoms with van der Waals surface area (Å²) >= 11 is 1.40. The van der Waals surface area contributed by atoms with Crippen molar-refractivity contribution in [1.82, 2.24) is 4.98 Å². The third kappa shape index (κ3) is 4.59. The van der Waals surface area contributed by atoms with Crippen molar-refractivity contribution < 1.29 is 14.3 Å². The molecule has 7 heteroatoms. The maximum Gasteiger partial charge on any atom is 0.226 e. The van der Waals surface area contributed by atoms with Crippen LogP contribution >= 0.6 is 11.3 Å². The van der Waals surface area contributed by atoms with E-state index in [1.165, 1.54) is 17.8 Å². The Morgan fingerprint density at radius 2 is 2.04 bits per heavy atom. The molecule has 0 spiro atoms. The zero-order valence-corrected chi connectivity index (χ0v) is 16.7. The van der Waals surface area contributed by atoms with Gasteiger partial charge in [-0.15, -0.1) is 11.3 Å². The Labute approximate surface area is 164 Å². The first-order valence-electron chi connectivity index (χ1n) is 9.27. The molecule has 1 aliphatic rings. The molecule has 0 radical (unpaired) electrons. The first-order valence-corrected chi connectivity index (χ1v) is 10.1. The Kier molecular flexibility index (Phi) is 6.34. The molecule has 0 unspecified atom stereocenters. The van der Waals surface area contributed by atoms with Crippen LogP contribution in [-0.2, 0) is 4.79 Å². The number of methoxy groups -OCH3 is 2. The number of nitrogens with zero attached hydrogens (tertiary/aromatic N) is 1. The van der Waals surface area contributed by atoms with Crippen molar-refractivity contribution >= 4 is 22.4 Å². The van der Waals surface area contributed by atoms with E-state index in [1.54, 1.807) is 14.2 Å². The molecule has 3 N–H and O–H groups in total. The molecule has 1 aliphatic carbocycles. The number of aromatic nitrogens is 1. The number of thiazole rings is 1. The summed E-state index contributed by atoms with van der Waals surface area (Å²) in [5.41, 5.74) is 7.52. The number of carbonyl (C=O) groups is 1. The van der Waals surface area contributed by atoms with Gasteiger partial charge in [0.25, 0.3) is 0 Å². The van der Waals surface area contributed by atoms with E-state index in [2.05, 4.69) is 10.3 Å². The fraction of sp³-hybridized carbons (Fsp3) is 0.500. The molecule has 146 valence electrons. The van der Waals surface area contributed by atoms with E-state index >= 15 is 0 Å². The van der Waals surface area contributed by atoms with Crippen LogP contribution in [-0.4, -0.2) is 31.7 Å². The average Bonchev–Trinajstić information content (AvgIpc) is 3.16. The Bertz CT molecular complexity index is 785. The number of ether oxygens (including phenoxy) is 2. The summed E-state index contributed by atoms with van der Waals surface area (Å²) in [5, 5.41) is 5.44. The van der Waals surface area contributed by atoms with Gasteiger partial charge >= 0.3 is 0 Å². The largest absolute Gasteiger partial charge is 0.497 e. The Morgan fingerprint density at radius 3 is 2.70 bits per heavy atom. The molecule has 1 amide bonds. The number of nitrogens with two attached hydrogens (primary N) is 1. The molecule has 1 heterocycles. The highest BCUT2D eigenvalue weighted by atomic mass is 32.1. The van der Waals surface area contributed by atoms with E-state index in [0.717, 1.165) is 42.7 Å². The maximum atomic E-state index is 12.6. The van der Waals surface area contributed by atoms with Crippen molar-refractivity contribution in [3.63, 3.8) is 0 Å². The molecule has 3 rings (SSSR count). The topological polar surface area (TPSA) is 86.5 Å². The van der Waals surface area contributed by atoms with Gasteiger partial charge < -0.3 is 20.5 Å². The smallest absolute Gasteiger partial charge is 0.226 e. The number of anilines is 1. The minimum atomic E-state index is -0.0571. The summed E-state index contributed by atoms with van der Waals surface area (Å²) in [6.07, 6.45) is 6.06. The molecule has 1 saturated carbocycles. The average molecular weight is 390 g/mol. The third-order valence-electron chi connectivity index (χ3n) is 5.32. The fourth-order valence-corrected chi connectivity index (χ4v) is 4.45. The van der Waals surface area contributed by atoms with Crippen LogP contribution in [0.25, 0.3) is 11.3 Å². The number of hydrogen-bond donors (Lipinski definition) is 2. The highest BCUT2D eigenvalue weighted by molar-refractivity contribution is 7.14. The highest BCUT2D eigenvalue weighted by Crippen LogP contribution is 2.39. The van der Waals surface area contributed by atoms with Crippen molar-refractivity contribution in [2.45, 2.75) is 38.5 Å². The molecule has 2 aromatic rings. The zero-order chi connectivity index (χ0) is 19.3. The van der Waals surface area contributed by atoms with Gasteiger partial charge in [0, 0.05) is 17.4 Å². The molecule has 0 saturated heterocycles. The minimum absolute atomic E-state index is 0.0131. The zero-order valence-electron chi connectivity index (χ0n) is 15.9. The van der Waals surface area contributed by atoms with E-state index in [9.17, 15) is 4.79 Å². The van der Waals surface area contributed by atoms with Gasteiger partial charge in [-0.1, -0.05) is 19.3 Å². The van der Waals surface area contributed by atoms with E-state index in [1.807, 2.05) is 23.6 Å². The monoisotopic (exact) mass is 389 g/mol. The second-order valence-corrected chi connectivity index (χ2v) is 7.95. The van der Waals surface area contributed by atoms with Gasteiger partial charge in [0.05, 0.1) is 19.9 Å². The van der Waals surface area contributed by atoms with Crippen LogP contribution in [0.2, 0.25) is 0 Å². The summed E-state index contributed by atoms with van der Waals surface area (Å²) in [7, 11) is 3.24. The van der Waals surface area contributed by atoms with Crippen LogP contribution in [0.1, 0.15) is 38.5 Å². The summed E-state index contributed by atoms with van der Waals surface area (Å²) < 4.78 is 10.7. The molecule has 0 bridgehead atoms. The minimum Gasteiger partial charge on any atom is -0.497 e. The van der Waals surface area contributed by atoms with Crippen LogP contribution in [0.4, 0.5) is 5.13 Å². The number of rotatable bonds is 7. The Balaban J connectivity index is 1.72. The van der Waals surface area contributed by atoms with Crippen molar-refractivity contribution in [2.24, 2.45) is 11.1 Å². The molecule has 0 atom stereocenters. The van der Waals surface area contributed by atoms with Gasteiger partial charge in [0.15, 0.2) is 5.13 Å². The maximum absolute atomic E-state index is 12.6. The highest BCUT2D eigenvalue weighted by Gasteiger charge is 2.33. The SMILES string of the molecule is COc1ccc(OC)c(-c2csc(NC(=O)CC3(CN)CCCCC3)n2)c1. The lowest BCUT2D eigenvalue weighted by molar-refractivity contribution is -0.118. The Hall–Kier alpha value is -2.12. The van der Waals surface area contributed by atoms with E-state index < -0.39 is 0 Å². The van der Waals surface area contributed by atoms with Crippen molar-refractivity contribution in [3.8, 4) is 22.8 Å². The first-order chi connectivity index (χ1) is 13.1. The fourth-order valence-electron chi connectivity index (χ4n) is 3.73. The number of nitrogens with one attached hydrogen (secondary N) is 1. The predicted octanol–water partition coefficient (Wildman–Crippen LogP) is 4.07. The first kappa shape index (κ1) is 19.6. The standard InChI is InChI=1S/C20H27N3O3S/c1-25-14-6-7-17(26-2)15(10-14)16-12-27-19(22-16)23-18(24)11-20(13-21)8-4-3-5-9-20/h6-7,10,12H,3-5,8-9,11,13,21H2,1-2H3,(H,22,23,24). The summed E-state index contributed by atoms with van der Waals surface area (Å²) in [5.74, 6) is 1.43. The second kappa shape index (κ2) is 8.71. The number of carbonyl (C=O) groups excluding carboxylic acids is 1.